The molecule has 0 fully saturated rings. The second-order valence-electron chi connectivity index (χ2n) is 4.89. The van der Waals surface area contributed by atoms with Crippen LogP contribution in [-0.4, -0.2) is 28.4 Å². The average molecular weight is 328 g/mol. The lowest BCUT2D eigenvalue weighted by Gasteiger charge is -2.27. The van der Waals surface area contributed by atoms with Gasteiger partial charge in [-0.3, -0.25) is 4.79 Å². The molecule has 0 saturated carbocycles. The van der Waals surface area contributed by atoms with E-state index in [1.807, 2.05) is 18.7 Å². The van der Waals surface area contributed by atoms with Gasteiger partial charge in [0.1, 0.15) is 5.82 Å². The molecule has 0 aromatic carbocycles. The summed E-state index contributed by atoms with van der Waals surface area (Å²) < 4.78 is 0.766. The molecule has 1 rings (SSSR count). The maximum absolute atomic E-state index is 12.5. The van der Waals surface area contributed by atoms with Crippen molar-refractivity contribution in [1.82, 2.24) is 9.88 Å². The van der Waals surface area contributed by atoms with Gasteiger partial charge in [0.25, 0.3) is 5.91 Å². The number of hydrogen-bond donors (Lipinski definition) is 1. The van der Waals surface area contributed by atoms with Crippen LogP contribution in [-0.2, 0) is 0 Å². The monoisotopic (exact) mass is 327 g/mol. The van der Waals surface area contributed by atoms with Gasteiger partial charge in [0.2, 0.25) is 0 Å². The summed E-state index contributed by atoms with van der Waals surface area (Å²) >= 11 is 3.33. The van der Waals surface area contributed by atoms with E-state index >= 15 is 0 Å². The molecule has 1 aromatic rings. The predicted octanol–water partition coefficient (Wildman–Crippen LogP) is 3.47. The van der Waals surface area contributed by atoms with Gasteiger partial charge < -0.3 is 10.6 Å². The summed E-state index contributed by atoms with van der Waals surface area (Å²) in [5.41, 5.74) is 6.28. The molecule has 0 aliphatic heterocycles. The van der Waals surface area contributed by atoms with Crippen molar-refractivity contribution in [3.05, 3.63) is 22.3 Å². The zero-order valence-electron chi connectivity index (χ0n) is 11.8. The molecule has 0 bridgehead atoms. The number of hydrogen-bond acceptors (Lipinski definition) is 3. The minimum Gasteiger partial charge on any atom is -0.383 e. The fraction of sp³-hybridized carbons (Fsp3) is 0.571. The highest BCUT2D eigenvalue weighted by Crippen LogP contribution is 2.19. The fourth-order valence-corrected chi connectivity index (χ4v) is 2.23. The second-order valence-corrected chi connectivity index (χ2v) is 5.80. The molecule has 2 N–H and O–H groups in total. The van der Waals surface area contributed by atoms with Gasteiger partial charge in [0, 0.05) is 23.3 Å². The Balaban J connectivity index is 2.89. The van der Waals surface area contributed by atoms with E-state index in [2.05, 4.69) is 27.8 Å². The van der Waals surface area contributed by atoms with Gasteiger partial charge in [-0.2, -0.15) is 0 Å². The van der Waals surface area contributed by atoms with Crippen molar-refractivity contribution >= 4 is 27.7 Å². The molecule has 4 nitrogen and oxygen atoms in total. The molecule has 0 saturated heterocycles. The van der Waals surface area contributed by atoms with Gasteiger partial charge in [-0.25, -0.2) is 4.98 Å². The summed E-state index contributed by atoms with van der Waals surface area (Å²) in [4.78, 5) is 18.4. The summed E-state index contributed by atoms with van der Waals surface area (Å²) in [6.45, 7) is 6.95. The number of halogens is 1. The minimum atomic E-state index is -0.0441. The topological polar surface area (TPSA) is 59.2 Å². The Morgan fingerprint density at radius 1 is 1.47 bits per heavy atom. The molecular weight excluding hydrogens is 306 g/mol. The third kappa shape index (κ3) is 4.49. The van der Waals surface area contributed by atoms with Crippen molar-refractivity contribution in [3.63, 3.8) is 0 Å². The lowest BCUT2D eigenvalue weighted by Crippen LogP contribution is -2.38. The molecule has 5 heteroatoms. The highest BCUT2D eigenvalue weighted by atomic mass is 79.9. The molecule has 0 aliphatic rings. The van der Waals surface area contributed by atoms with Gasteiger partial charge in [-0.1, -0.05) is 19.8 Å². The van der Waals surface area contributed by atoms with Crippen molar-refractivity contribution < 1.29 is 4.79 Å². The number of unbranched alkanes of at least 4 members (excludes halogenated alkanes) is 2. The average Bonchev–Trinajstić information content (AvgIpc) is 2.36. The van der Waals surface area contributed by atoms with Gasteiger partial charge in [0.05, 0.1) is 5.56 Å². The first-order valence-electron chi connectivity index (χ1n) is 6.69. The quantitative estimate of drug-likeness (QED) is 0.814. The molecule has 1 heterocycles. The Morgan fingerprint density at radius 2 is 2.16 bits per heavy atom. The predicted molar refractivity (Wildman–Crippen MR) is 82.0 cm³/mol. The molecule has 0 radical (unpaired) electrons. The number of nitrogens with zero attached hydrogens (tertiary/aromatic N) is 2. The van der Waals surface area contributed by atoms with Crippen LogP contribution in [0.5, 0.6) is 0 Å². The Hall–Kier alpha value is -1.10. The zero-order valence-corrected chi connectivity index (χ0v) is 13.4. The summed E-state index contributed by atoms with van der Waals surface area (Å²) in [6.07, 6.45) is 4.88. The van der Waals surface area contributed by atoms with Crippen LogP contribution in [0.1, 0.15) is 50.4 Å². The Morgan fingerprint density at radius 3 is 2.74 bits per heavy atom. The molecule has 1 amide bonds. The second kappa shape index (κ2) is 7.48. The minimum absolute atomic E-state index is 0.0441. The first kappa shape index (κ1) is 16.0. The summed E-state index contributed by atoms with van der Waals surface area (Å²) in [7, 11) is 0. The van der Waals surface area contributed by atoms with Gasteiger partial charge in [-0.05, 0) is 42.3 Å². The summed E-state index contributed by atoms with van der Waals surface area (Å²) in [5.74, 6) is 0.242. The van der Waals surface area contributed by atoms with Gasteiger partial charge in [0.15, 0.2) is 0 Å². The van der Waals surface area contributed by atoms with E-state index in [0.717, 1.165) is 30.3 Å². The van der Waals surface area contributed by atoms with Crippen molar-refractivity contribution in [3.8, 4) is 0 Å². The molecule has 19 heavy (non-hydrogen) atoms. The van der Waals surface area contributed by atoms with E-state index in [-0.39, 0.29) is 17.8 Å². The largest absolute Gasteiger partial charge is 0.383 e. The maximum Gasteiger partial charge on any atom is 0.257 e. The third-order valence-electron chi connectivity index (χ3n) is 3.00. The van der Waals surface area contributed by atoms with E-state index in [9.17, 15) is 4.79 Å². The van der Waals surface area contributed by atoms with Crippen LogP contribution in [0.3, 0.4) is 0 Å². The molecule has 106 valence electrons. The number of pyridine rings is 1. The summed E-state index contributed by atoms with van der Waals surface area (Å²) in [6, 6.07) is 1.89. The lowest BCUT2D eigenvalue weighted by atomic mass is 10.1. The number of carbonyl (C=O) groups is 1. The maximum atomic E-state index is 12.5. The van der Waals surface area contributed by atoms with Crippen LogP contribution in [0.25, 0.3) is 0 Å². The molecule has 0 aliphatic carbocycles. The third-order valence-corrected chi connectivity index (χ3v) is 3.44. The van der Waals surface area contributed by atoms with Crippen LogP contribution in [0.4, 0.5) is 5.82 Å². The Labute approximate surface area is 123 Å². The SMILES string of the molecule is CCCCCN(C(=O)c1cc(Br)cnc1N)C(C)C. The normalized spacial score (nSPS) is 10.8. The first-order valence-corrected chi connectivity index (χ1v) is 7.48. The van der Waals surface area contributed by atoms with E-state index in [0.29, 0.717) is 5.56 Å². The molecular formula is C14H22BrN3O. The van der Waals surface area contributed by atoms with Crippen LogP contribution in [0.2, 0.25) is 0 Å². The van der Waals surface area contributed by atoms with Gasteiger partial charge in [-0.15, -0.1) is 0 Å². The Kier molecular flexibility index (Phi) is 6.28. The molecule has 0 unspecified atom stereocenters. The van der Waals surface area contributed by atoms with Crippen LogP contribution < -0.4 is 5.73 Å². The molecule has 1 aromatic heterocycles. The number of nitrogen functional groups attached to an aromatic ring is 1. The van der Waals surface area contributed by atoms with Crippen molar-refractivity contribution in [2.45, 2.75) is 46.1 Å². The number of anilines is 1. The smallest absolute Gasteiger partial charge is 0.257 e. The van der Waals surface area contributed by atoms with Gasteiger partial charge >= 0.3 is 0 Å². The zero-order chi connectivity index (χ0) is 14.4. The Bertz CT molecular complexity index is 435. The summed E-state index contributed by atoms with van der Waals surface area (Å²) in [5, 5.41) is 0. The van der Waals surface area contributed by atoms with Crippen molar-refractivity contribution in [1.29, 1.82) is 0 Å². The first-order chi connectivity index (χ1) is 8.97. The molecule has 0 atom stereocenters. The van der Waals surface area contributed by atoms with Crippen LogP contribution >= 0.6 is 15.9 Å². The van der Waals surface area contributed by atoms with E-state index in [4.69, 9.17) is 5.73 Å². The highest BCUT2D eigenvalue weighted by Gasteiger charge is 2.21. The van der Waals surface area contributed by atoms with Crippen molar-refractivity contribution in [2.75, 3.05) is 12.3 Å². The van der Waals surface area contributed by atoms with E-state index in [1.54, 1.807) is 12.3 Å². The highest BCUT2D eigenvalue weighted by molar-refractivity contribution is 9.10. The van der Waals surface area contributed by atoms with Crippen LogP contribution in [0.15, 0.2) is 16.7 Å². The molecule has 0 spiro atoms. The lowest BCUT2D eigenvalue weighted by molar-refractivity contribution is 0.0703. The fourth-order valence-electron chi connectivity index (χ4n) is 1.90. The number of carbonyl (C=O) groups excluding carboxylic acids is 1. The van der Waals surface area contributed by atoms with E-state index < -0.39 is 0 Å². The van der Waals surface area contributed by atoms with Crippen LogP contribution in [0, 0.1) is 0 Å². The van der Waals surface area contributed by atoms with E-state index in [1.165, 1.54) is 0 Å². The number of aromatic nitrogens is 1. The number of amides is 1. The number of nitrogens with two attached hydrogens (primary N) is 1. The standard InChI is InChI=1S/C14H22BrN3O/c1-4-5-6-7-18(10(2)3)14(19)12-8-11(15)9-17-13(12)16/h8-10H,4-7H2,1-3H3,(H2,16,17). The van der Waals surface area contributed by atoms with Crippen molar-refractivity contribution in [2.24, 2.45) is 0 Å². The number of rotatable bonds is 6.